The monoisotopic (exact) mass is 344 g/mol. The van der Waals surface area contributed by atoms with Gasteiger partial charge in [0.1, 0.15) is 0 Å². The molecule has 0 unspecified atom stereocenters. The molecule has 6 nitrogen and oxygen atoms in total. The van der Waals surface area contributed by atoms with Crippen molar-refractivity contribution >= 4 is 29.0 Å². The maximum atomic E-state index is 12.9. The Morgan fingerprint density at radius 3 is 2.83 bits per heavy atom. The first-order valence-corrected chi connectivity index (χ1v) is 8.46. The van der Waals surface area contributed by atoms with Crippen molar-refractivity contribution in [2.45, 2.75) is 11.3 Å². The summed E-state index contributed by atoms with van der Waals surface area (Å²) in [5, 5.41) is 11.2. The van der Waals surface area contributed by atoms with Gasteiger partial charge in [-0.1, -0.05) is 12.1 Å². The number of ether oxygens (including phenoxy) is 1. The minimum absolute atomic E-state index is 0.142. The number of nitro benzene ring substituents is 1. The van der Waals surface area contributed by atoms with Gasteiger partial charge in [0, 0.05) is 23.1 Å². The molecular formula is C17H16N2O4S. The Labute approximate surface area is 143 Å². The molecule has 1 amide bonds. The molecule has 1 aliphatic heterocycles. The van der Waals surface area contributed by atoms with E-state index in [-0.39, 0.29) is 22.9 Å². The largest absolute Gasteiger partial charge is 0.490 e. The molecule has 2 aromatic rings. The van der Waals surface area contributed by atoms with Crippen LogP contribution in [0.1, 0.15) is 16.8 Å². The van der Waals surface area contributed by atoms with Gasteiger partial charge in [-0.05, 0) is 36.4 Å². The lowest BCUT2D eigenvalue weighted by atomic mass is 10.1. The molecule has 1 aliphatic rings. The number of nitro groups is 1. The number of carbonyl (C=O) groups excluding carboxylic acids is 1. The van der Waals surface area contributed by atoms with Crippen molar-refractivity contribution in [3.8, 4) is 5.75 Å². The van der Waals surface area contributed by atoms with E-state index in [4.69, 9.17) is 4.74 Å². The van der Waals surface area contributed by atoms with E-state index in [2.05, 4.69) is 0 Å². The molecule has 0 saturated heterocycles. The molecule has 0 aliphatic carbocycles. The van der Waals surface area contributed by atoms with Crippen molar-refractivity contribution in [2.75, 3.05) is 24.3 Å². The summed E-state index contributed by atoms with van der Waals surface area (Å²) in [6.45, 7) is 0.586. The number of amides is 1. The number of para-hydroxylation sites is 1. The van der Waals surface area contributed by atoms with Crippen LogP contribution in [-0.2, 0) is 0 Å². The molecule has 24 heavy (non-hydrogen) atoms. The van der Waals surface area contributed by atoms with Gasteiger partial charge in [-0.15, -0.1) is 11.8 Å². The number of thioether (sulfide) groups is 1. The zero-order valence-electron chi connectivity index (χ0n) is 13.1. The first-order chi connectivity index (χ1) is 11.6. The molecule has 3 rings (SSSR count). The van der Waals surface area contributed by atoms with Crippen LogP contribution in [0.4, 0.5) is 11.4 Å². The summed E-state index contributed by atoms with van der Waals surface area (Å²) in [7, 11) is 1.37. The lowest BCUT2D eigenvalue weighted by Crippen LogP contribution is -2.31. The fourth-order valence-electron chi connectivity index (χ4n) is 2.66. The van der Waals surface area contributed by atoms with Gasteiger partial charge in [-0.3, -0.25) is 14.9 Å². The van der Waals surface area contributed by atoms with Gasteiger partial charge in [0.2, 0.25) is 0 Å². The molecular weight excluding hydrogens is 328 g/mol. The van der Waals surface area contributed by atoms with E-state index in [1.165, 1.54) is 19.2 Å². The summed E-state index contributed by atoms with van der Waals surface area (Å²) in [6, 6.07) is 12.0. The highest BCUT2D eigenvalue weighted by atomic mass is 32.2. The van der Waals surface area contributed by atoms with Crippen LogP contribution >= 0.6 is 11.8 Å². The van der Waals surface area contributed by atoms with Crippen LogP contribution in [0, 0.1) is 10.1 Å². The number of hydrogen-bond acceptors (Lipinski definition) is 5. The molecule has 0 N–H and O–H groups in total. The summed E-state index contributed by atoms with van der Waals surface area (Å²) >= 11 is 1.72. The molecule has 0 atom stereocenters. The van der Waals surface area contributed by atoms with Crippen LogP contribution in [0.25, 0.3) is 0 Å². The van der Waals surface area contributed by atoms with Gasteiger partial charge in [0.15, 0.2) is 5.75 Å². The molecule has 0 bridgehead atoms. The Bertz CT molecular complexity index is 794. The summed E-state index contributed by atoms with van der Waals surface area (Å²) in [4.78, 5) is 26.3. The van der Waals surface area contributed by atoms with Gasteiger partial charge in [0.05, 0.1) is 17.7 Å². The summed E-state index contributed by atoms with van der Waals surface area (Å²) < 4.78 is 4.99. The average Bonchev–Trinajstić information content (AvgIpc) is 2.83. The predicted molar refractivity (Wildman–Crippen MR) is 93.1 cm³/mol. The van der Waals surface area contributed by atoms with E-state index in [9.17, 15) is 14.9 Å². The SMILES string of the molecule is COc1ccc(C(=O)N2CCCSc3ccccc32)cc1[N+](=O)[O-]. The second-order valence-corrected chi connectivity index (χ2v) is 6.41. The highest BCUT2D eigenvalue weighted by Crippen LogP contribution is 2.35. The smallest absolute Gasteiger partial charge is 0.311 e. The van der Waals surface area contributed by atoms with Gasteiger partial charge in [-0.2, -0.15) is 0 Å². The Morgan fingerprint density at radius 2 is 2.08 bits per heavy atom. The third-order valence-corrected chi connectivity index (χ3v) is 4.96. The maximum Gasteiger partial charge on any atom is 0.311 e. The third kappa shape index (κ3) is 3.07. The lowest BCUT2D eigenvalue weighted by Gasteiger charge is -2.22. The fraction of sp³-hybridized carbons (Fsp3) is 0.235. The lowest BCUT2D eigenvalue weighted by molar-refractivity contribution is -0.385. The minimum atomic E-state index is -0.540. The molecule has 0 saturated carbocycles. The van der Waals surface area contributed by atoms with E-state index in [0.29, 0.717) is 6.54 Å². The van der Waals surface area contributed by atoms with Crippen LogP contribution in [0.2, 0.25) is 0 Å². The van der Waals surface area contributed by atoms with E-state index >= 15 is 0 Å². The van der Waals surface area contributed by atoms with E-state index in [1.54, 1.807) is 22.7 Å². The number of anilines is 1. The fourth-order valence-corrected chi connectivity index (χ4v) is 3.65. The number of fused-ring (bicyclic) bond motifs is 1. The standard InChI is InChI=1S/C17H16N2O4S/c1-23-15-8-7-12(11-14(15)19(21)22)17(20)18-9-4-10-24-16-6-3-2-5-13(16)18/h2-3,5-8,11H,4,9-10H2,1H3. The highest BCUT2D eigenvalue weighted by Gasteiger charge is 2.25. The second-order valence-electron chi connectivity index (χ2n) is 5.27. The van der Waals surface area contributed by atoms with Crippen LogP contribution < -0.4 is 9.64 Å². The molecule has 0 spiro atoms. The molecule has 7 heteroatoms. The minimum Gasteiger partial charge on any atom is -0.490 e. The summed E-state index contributed by atoms with van der Waals surface area (Å²) in [5.41, 5.74) is 0.925. The first kappa shape index (κ1) is 16.3. The number of carbonyl (C=O) groups is 1. The zero-order valence-corrected chi connectivity index (χ0v) is 13.9. The molecule has 0 radical (unpaired) electrons. The van der Waals surface area contributed by atoms with Gasteiger partial charge < -0.3 is 9.64 Å². The van der Waals surface area contributed by atoms with Gasteiger partial charge in [0.25, 0.3) is 5.91 Å². The van der Waals surface area contributed by atoms with E-state index < -0.39 is 4.92 Å². The van der Waals surface area contributed by atoms with Crippen LogP contribution in [-0.4, -0.2) is 30.2 Å². The molecule has 2 aromatic carbocycles. The van der Waals surface area contributed by atoms with Crippen LogP contribution in [0.15, 0.2) is 47.4 Å². The quantitative estimate of drug-likeness (QED) is 0.626. The normalized spacial score (nSPS) is 13.8. The molecule has 124 valence electrons. The van der Waals surface area contributed by atoms with Crippen LogP contribution in [0.5, 0.6) is 5.75 Å². The maximum absolute atomic E-state index is 12.9. The number of rotatable bonds is 3. The third-order valence-electron chi connectivity index (χ3n) is 3.81. The van der Waals surface area contributed by atoms with Crippen molar-refractivity contribution in [3.05, 3.63) is 58.1 Å². The summed E-state index contributed by atoms with van der Waals surface area (Å²) in [6.07, 6.45) is 0.864. The Kier molecular flexibility index (Phi) is 4.71. The highest BCUT2D eigenvalue weighted by molar-refractivity contribution is 7.99. The number of hydrogen-bond donors (Lipinski definition) is 0. The van der Waals surface area contributed by atoms with Crippen molar-refractivity contribution in [1.29, 1.82) is 0 Å². The van der Waals surface area contributed by atoms with Crippen molar-refractivity contribution in [1.82, 2.24) is 0 Å². The Balaban J connectivity index is 2.00. The zero-order chi connectivity index (χ0) is 17.1. The molecule has 0 aromatic heterocycles. The average molecular weight is 344 g/mol. The number of benzene rings is 2. The summed E-state index contributed by atoms with van der Waals surface area (Å²) in [5.74, 6) is 0.836. The Hall–Kier alpha value is -2.54. The second kappa shape index (κ2) is 6.92. The van der Waals surface area contributed by atoms with Crippen molar-refractivity contribution in [3.63, 3.8) is 0 Å². The first-order valence-electron chi connectivity index (χ1n) is 7.48. The van der Waals surface area contributed by atoms with Gasteiger partial charge >= 0.3 is 5.69 Å². The van der Waals surface area contributed by atoms with Crippen LogP contribution in [0.3, 0.4) is 0 Å². The molecule has 1 heterocycles. The van der Waals surface area contributed by atoms with Crippen molar-refractivity contribution < 1.29 is 14.5 Å². The predicted octanol–water partition coefficient (Wildman–Crippen LogP) is 3.75. The van der Waals surface area contributed by atoms with E-state index in [0.717, 1.165) is 22.8 Å². The number of nitrogens with zero attached hydrogens (tertiary/aromatic N) is 2. The number of methoxy groups -OCH3 is 1. The van der Waals surface area contributed by atoms with Gasteiger partial charge in [-0.25, -0.2) is 0 Å². The Morgan fingerprint density at radius 1 is 1.29 bits per heavy atom. The topological polar surface area (TPSA) is 72.7 Å². The molecule has 0 fully saturated rings. The van der Waals surface area contributed by atoms with Crippen molar-refractivity contribution in [2.24, 2.45) is 0 Å². The van der Waals surface area contributed by atoms with E-state index in [1.807, 2.05) is 24.3 Å².